The van der Waals surface area contributed by atoms with E-state index in [2.05, 4.69) is 0 Å². The highest BCUT2D eigenvalue weighted by Crippen LogP contribution is 2.30. The lowest BCUT2D eigenvalue weighted by Gasteiger charge is -2.22. The number of carboxylic acids is 1. The minimum absolute atomic E-state index is 0.0440. The number of carboxylic acid groups (broad SMARTS) is 1. The SMILES string of the molecule is O=C(O)CCCCCCN1C(=O)CC[C@@H]1C=C[C@@H](O)Cc1cccc(C(F)(F)F)c1. The Bertz CT molecular complexity index is 748. The van der Waals surface area contributed by atoms with Crippen LogP contribution in [0.25, 0.3) is 0 Å². The first-order valence-corrected chi connectivity index (χ1v) is 10.2. The van der Waals surface area contributed by atoms with Gasteiger partial charge in [-0.05, 0) is 30.9 Å². The molecule has 1 aromatic carbocycles. The van der Waals surface area contributed by atoms with Crippen LogP contribution < -0.4 is 0 Å². The lowest BCUT2D eigenvalue weighted by atomic mass is 10.0. The fraction of sp³-hybridized carbons (Fsp3) is 0.545. The van der Waals surface area contributed by atoms with Gasteiger partial charge in [0, 0.05) is 25.8 Å². The Labute approximate surface area is 174 Å². The molecule has 1 heterocycles. The highest BCUT2D eigenvalue weighted by Gasteiger charge is 2.30. The lowest BCUT2D eigenvalue weighted by molar-refractivity contribution is -0.138. The highest BCUT2D eigenvalue weighted by atomic mass is 19.4. The normalized spacial score (nSPS) is 18.3. The molecule has 0 bridgehead atoms. The number of rotatable bonds is 11. The van der Waals surface area contributed by atoms with Crippen LogP contribution in [0.4, 0.5) is 13.2 Å². The molecule has 0 spiro atoms. The van der Waals surface area contributed by atoms with Crippen LogP contribution in [0, 0.1) is 0 Å². The van der Waals surface area contributed by atoms with Crippen LogP contribution in [0.5, 0.6) is 0 Å². The minimum atomic E-state index is -4.42. The summed E-state index contributed by atoms with van der Waals surface area (Å²) in [4.78, 5) is 24.4. The molecule has 0 unspecified atom stereocenters. The van der Waals surface area contributed by atoms with Gasteiger partial charge in [0.15, 0.2) is 0 Å². The van der Waals surface area contributed by atoms with Gasteiger partial charge < -0.3 is 15.1 Å². The lowest BCUT2D eigenvalue weighted by Crippen LogP contribution is -2.32. The van der Waals surface area contributed by atoms with Crippen LogP contribution in [-0.2, 0) is 22.2 Å². The Morgan fingerprint density at radius 3 is 2.67 bits per heavy atom. The third kappa shape index (κ3) is 7.82. The molecule has 1 aromatic rings. The minimum Gasteiger partial charge on any atom is -0.481 e. The van der Waals surface area contributed by atoms with Crippen LogP contribution in [0.3, 0.4) is 0 Å². The van der Waals surface area contributed by atoms with Crippen molar-refractivity contribution in [2.24, 2.45) is 0 Å². The van der Waals surface area contributed by atoms with Crippen molar-refractivity contribution in [1.29, 1.82) is 0 Å². The fourth-order valence-electron chi connectivity index (χ4n) is 3.60. The van der Waals surface area contributed by atoms with Crippen molar-refractivity contribution >= 4 is 11.9 Å². The largest absolute Gasteiger partial charge is 0.481 e. The van der Waals surface area contributed by atoms with Crippen LogP contribution >= 0.6 is 0 Å². The molecule has 1 fully saturated rings. The summed E-state index contributed by atoms with van der Waals surface area (Å²) in [7, 11) is 0. The molecule has 2 atom stereocenters. The zero-order chi connectivity index (χ0) is 22.1. The second-order valence-electron chi connectivity index (χ2n) is 7.61. The first-order chi connectivity index (χ1) is 14.2. The van der Waals surface area contributed by atoms with Crippen molar-refractivity contribution in [3.8, 4) is 0 Å². The number of likely N-dealkylation sites (tertiary alicyclic amines) is 1. The van der Waals surface area contributed by atoms with Crippen LogP contribution in [0.1, 0.15) is 56.1 Å². The van der Waals surface area contributed by atoms with E-state index in [1.54, 1.807) is 23.1 Å². The van der Waals surface area contributed by atoms with E-state index < -0.39 is 23.8 Å². The molecular formula is C22H28F3NO4. The van der Waals surface area contributed by atoms with E-state index >= 15 is 0 Å². The predicted octanol–water partition coefficient (Wildman–Crippen LogP) is 4.19. The Balaban J connectivity index is 1.83. The molecule has 1 aliphatic rings. The van der Waals surface area contributed by atoms with E-state index in [1.807, 2.05) is 0 Å². The zero-order valence-electron chi connectivity index (χ0n) is 16.8. The molecular weight excluding hydrogens is 399 g/mol. The number of halogens is 3. The summed E-state index contributed by atoms with van der Waals surface area (Å²) in [5, 5.41) is 18.8. The number of aliphatic hydroxyl groups excluding tert-OH is 1. The molecule has 8 heteroatoms. The average Bonchev–Trinajstić information content (AvgIpc) is 3.02. The van der Waals surface area contributed by atoms with E-state index in [-0.39, 0.29) is 24.8 Å². The van der Waals surface area contributed by atoms with Gasteiger partial charge in [-0.2, -0.15) is 13.2 Å². The number of hydrogen-bond donors (Lipinski definition) is 2. The van der Waals surface area contributed by atoms with Gasteiger partial charge in [-0.15, -0.1) is 0 Å². The maximum Gasteiger partial charge on any atom is 0.416 e. The molecule has 0 saturated carbocycles. The third-order valence-electron chi connectivity index (χ3n) is 5.17. The number of benzene rings is 1. The van der Waals surface area contributed by atoms with Crippen molar-refractivity contribution < 1.29 is 33.0 Å². The van der Waals surface area contributed by atoms with Crippen LogP contribution in [0.15, 0.2) is 36.4 Å². The van der Waals surface area contributed by atoms with Crippen molar-refractivity contribution in [3.05, 3.63) is 47.5 Å². The second-order valence-corrected chi connectivity index (χ2v) is 7.61. The Kier molecular flexibility index (Phi) is 8.89. The molecule has 1 amide bonds. The molecule has 5 nitrogen and oxygen atoms in total. The summed E-state index contributed by atoms with van der Waals surface area (Å²) in [6.07, 6.45) is 2.26. The van der Waals surface area contributed by atoms with Crippen molar-refractivity contribution in [2.75, 3.05) is 6.54 Å². The molecule has 166 valence electrons. The van der Waals surface area contributed by atoms with Gasteiger partial charge in [0.2, 0.25) is 5.91 Å². The van der Waals surface area contributed by atoms with Crippen molar-refractivity contribution in [3.63, 3.8) is 0 Å². The summed E-state index contributed by atoms with van der Waals surface area (Å²) in [6, 6.07) is 4.76. The molecule has 2 N–H and O–H groups in total. The highest BCUT2D eigenvalue weighted by molar-refractivity contribution is 5.79. The molecule has 30 heavy (non-hydrogen) atoms. The molecule has 2 rings (SSSR count). The number of carbonyl (C=O) groups is 2. The quantitative estimate of drug-likeness (QED) is 0.410. The number of alkyl halides is 3. The van der Waals surface area contributed by atoms with E-state index in [1.165, 1.54) is 6.07 Å². The summed E-state index contributed by atoms with van der Waals surface area (Å²) < 4.78 is 38.4. The molecule has 1 saturated heterocycles. The van der Waals surface area contributed by atoms with E-state index in [0.717, 1.165) is 31.4 Å². The number of hydrogen-bond acceptors (Lipinski definition) is 3. The maximum atomic E-state index is 12.8. The van der Waals surface area contributed by atoms with Gasteiger partial charge in [0.25, 0.3) is 0 Å². The monoisotopic (exact) mass is 427 g/mol. The third-order valence-corrected chi connectivity index (χ3v) is 5.17. The fourth-order valence-corrected chi connectivity index (χ4v) is 3.60. The van der Waals surface area contributed by atoms with Gasteiger partial charge >= 0.3 is 12.1 Å². The topological polar surface area (TPSA) is 77.8 Å². The molecule has 0 aliphatic carbocycles. The van der Waals surface area contributed by atoms with Crippen LogP contribution in [-0.4, -0.2) is 45.7 Å². The van der Waals surface area contributed by atoms with Gasteiger partial charge in [-0.1, -0.05) is 43.2 Å². The van der Waals surface area contributed by atoms with E-state index in [9.17, 15) is 27.9 Å². The smallest absolute Gasteiger partial charge is 0.416 e. The Hall–Kier alpha value is -2.35. The number of unbranched alkanes of at least 4 members (excludes halogenated alkanes) is 3. The van der Waals surface area contributed by atoms with Crippen molar-refractivity contribution in [1.82, 2.24) is 4.90 Å². The van der Waals surface area contributed by atoms with Crippen LogP contribution in [0.2, 0.25) is 0 Å². The summed E-state index contributed by atoms with van der Waals surface area (Å²) in [5.41, 5.74) is -0.352. The predicted molar refractivity (Wildman–Crippen MR) is 106 cm³/mol. The Morgan fingerprint density at radius 1 is 1.23 bits per heavy atom. The average molecular weight is 427 g/mol. The van der Waals surface area contributed by atoms with E-state index in [4.69, 9.17) is 5.11 Å². The first kappa shape index (κ1) is 23.9. The number of nitrogens with zero attached hydrogens (tertiary/aromatic N) is 1. The summed E-state index contributed by atoms with van der Waals surface area (Å²) in [5.74, 6) is -0.763. The van der Waals surface area contributed by atoms with E-state index in [0.29, 0.717) is 31.4 Å². The molecule has 0 aromatic heterocycles. The van der Waals surface area contributed by atoms with Gasteiger partial charge in [-0.3, -0.25) is 9.59 Å². The standard InChI is InChI=1S/C22H28F3NO4/c23-22(24,25)17-7-5-6-16(14-17)15-19(27)11-9-18-10-12-20(28)26(18)13-4-2-1-3-8-21(29)30/h5-7,9,11,14,18-19,27H,1-4,8,10,12-13,15H2,(H,29,30)/t18-,19+/m0/s1. The van der Waals surface area contributed by atoms with Gasteiger partial charge in [-0.25, -0.2) is 0 Å². The number of aliphatic carboxylic acids is 1. The number of amides is 1. The van der Waals surface area contributed by atoms with Gasteiger partial charge in [0.05, 0.1) is 17.7 Å². The first-order valence-electron chi connectivity index (χ1n) is 10.2. The van der Waals surface area contributed by atoms with Gasteiger partial charge in [0.1, 0.15) is 0 Å². The van der Waals surface area contributed by atoms with Crippen molar-refractivity contribution in [2.45, 2.75) is 69.7 Å². The zero-order valence-corrected chi connectivity index (χ0v) is 16.8. The molecule has 1 aliphatic heterocycles. The Morgan fingerprint density at radius 2 is 1.97 bits per heavy atom. The maximum absolute atomic E-state index is 12.8. The summed E-state index contributed by atoms with van der Waals surface area (Å²) >= 11 is 0. The second kappa shape index (κ2) is 11.2. The summed E-state index contributed by atoms with van der Waals surface area (Å²) in [6.45, 7) is 0.574. The number of carbonyl (C=O) groups excluding carboxylic acids is 1. The molecule has 0 radical (unpaired) electrons. The number of aliphatic hydroxyl groups is 1.